The molecule has 0 aliphatic carbocycles. The molecule has 32 heavy (non-hydrogen) atoms. The molecule has 1 fully saturated rings. The molecule has 0 aromatic heterocycles. The largest absolute Gasteiger partial charge is 0.496 e. The van der Waals surface area contributed by atoms with Crippen LogP contribution in [0.15, 0.2) is 30.3 Å². The van der Waals surface area contributed by atoms with Gasteiger partial charge in [0, 0.05) is 30.8 Å². The Balaban J connectivity index is 1.61. The highest BCUT2D eigenvalue weighted by atomic mass is 35.5. The third-order valence-electron chi connectivity index (χ3n) is 5.31. The minimum absolute atomic E-state index is 0.0733. The molecule has 2 aromatic carbocycles. The number of nitrogens with zero attached hydrogens (tertiary/aromatic N) is 1. The second kappa shape index (κ2) is 11.8. The fourth-order valence-electron chi connectivity index (χ4n) is 3.59. The zero-order chi connectivity index (χ0) is 23.1. The van der Waals surface area contributed by atoms with Gasteiger partial charge in [-0.05, 0) is 49.2 Å². The zero-order valence-corrected chi connectivity index (χ0v) is 20.3. The van der Waals surface area contributed by atoms with E-state index in [1.807, 2.05) is 18.2 Å². The van der Waals surface area contributed by atoms with Gasteiger partial charge in [0.15, 0.2) is 5.75 Å². The Hall–Kier alpha value is -1.99. The Morgan fingerprint density at radius 2 is 1.84 bits per heavy atom. The predicted molar refractivity (Wildman–Crippen MR) is 129 cm³/mol. The van der Waals surface area contributed by atoms with Gasteiger partial charge in [0.1, 0.15) is 11.5 Å². The van der Waals surface area contributed by atoms with Crippen LogP contribution in [0, 0.1) is 0 Å². The number of methoxy groups -OCH3 is 1. The summed E-state index contributed by atoms with van der Waals surface area (Å²) in [6.07, 6.45) is 1.21. The average Bonchev–Trinajstić information content (AvgIpc) is 2.77. The summed E-state index contributed by atoms with van der Waals surface area (Å²) >= 11 is 12.9. The van der Waals surface area contributed by atoms with E-state index < -0.39 is 0 Å². The summed E-state index contributed by atoms with van der Waals surface area (Å²) in [5, 5.41) is 3.51. The first-order chi connectivity index (χ1) is 15.4. The van der Waals surface area contributed by atoms with Crippen LogP contribution in [0.25, 0.3) is 0 Å². The van der Waals surface area contributed by atoms with E-state index in [0.29, 0.717) is 33.7 Å². The quantitative estimate of drug-likeness (QED) is 0.478. The van der Waals surface area contributed by atoms with E-state index in [1.165, 1.54) is 0 Å². The second-order valence-corrected chi connectivity index (χ2v) is 8.85. The summed E-state index contributed by atoms with van der Waals surface area (Å²) in [6, 6.07) is 8.88. The molecule has 0 atom stereocenters. The van der Waals surface area contributed by atoms with Crippen LogP contribution in [0.2, 0.25) is 10.0 Å². The molecule has 0 unspecified atom stereocenters. The van der Waals surface area contributed by atoms with Crippen molar-refractivity contribution in [3.8, 4) is 17.2 Å². The van der Waals surface area contributed by atoms with Crippen molar-refractivity contribution in [2.45, 2.75) is 32.6 Å². The Labute approximate surface area is 199 Å². The van der Waals surface area contributed by atoms with Gasteiger partial charge in [-0.15, -0.1) is 0 Å². The molecule has 2 aromatic rings. The van der Waals surface area contributed by atoms with Crippen LogP contribution in [0.1, 0.15) is 38.2 Å². The zero-order valence-electron chi connectivity index (χ0n) is 18.7. The molecule has 8 heteroatoms. The lowest BCUT2D eigenvalue weighted by atomic mass is 10.0. The number of hydrogen-bond donors (Lipinski definition) is 1. The first-order valence-electron chi connectivity index (χ1n) is 10.8. The minimum Gasteiger partial charge on any atom is -0.496 e. The van der Waals surface area contributed by atoms with Crippen molar-refractivity contribution >= 4 is 34.8 Å². The second-order valence-electron chi connectivity index (χ2n) is 8.04. The summed E-state index contributed by atoms with van der Waals surface area (Å²) in [6.45, 7) is 8.40. The fraction of sp³-hybridized carbons (Fsp3) is 0.458. The molecule has 0 bridgehead atoms. The maximum Gasteiger partial charge on any atom is 0.224 e. The third-order valence-corrected chi connectivity index (χ3v) is 5.87. The lowest BCUT2D eigenvalue weighted by Crippen LogP contribution is -2.37. The number of amides is 1. The number of rotatable bonds is 9. The van der Waals surface area contributed by atoms with Crippen molar-refractivity contribution in [2.24, 2.45) is 0 Å². The van der Waals surface area contributed by atoms with E-state index in [9.17, 15) is 4.79 Å². The van der Waals surface area contributed by atoms with Crippen LogP contribution in [-0.2, 0) is 9.53 Å². The van der Waals surface area contributed by atoms with Crippen LogP contribution in [0.5, 0.6) is 17.2 Å². The number of ether oxygens (including phenoxy) is 3. The van der Waals surface area contributed by atoms with Crippen LogP contribution in [0.4, 0.5) is 5.69 Å². The molecule has 174 valence electrons. The number of morpholine rings is 1. The predicted octanol–water partition coefficient (Wildman–Crippen LogP) is 5.97. The van der Waals surface area contributed by atoms with Gasteiger partial charge in [0.25, 0.3) is 0 Å². The van der Waals surface area contributed by atoms with Gasteiger partial charge in [-0.2, -0.15) is 0 Å². The summed E-state index contributed by atoms with van der Waals surface area (Å²) < 4.78 is 16.7. The van der Waals surface area contributed by atoms with E-state index in [2.05, 4.69) is 24.1 Å². The normalized spacial score (nSPS) is 14.4. The Bertz CT molecular complexity index is 907. The summed E-state index contributed by atoms with van der Waals surface area (Å²) in [5.41, 5.74) is 1.57. The van der Waals surface area contributed by atoms with Gasteiger partial charge < -0.3 is 19.5 Å². The number of halogens is 2. The molecule has 1 aliphatic heterocycles. The molecule has 1 amide bonds. The number of benzene rings is 2. The van der Waals surface area contributed by atoms with E-state index in [-0.39, 0.29) is 11.8 Å². The number of carbonyl (C=O) groups is 1. The first kappa shape index (κ1) is 24.6. The van der Waals surface area contributed by atoms with E-state index in [0.717, 1.165) is 50.6 Å². The SMILES string of the molecule is COc1ccc(Oc2c(Cl)cc(NC(=O)CCCN3CCOCC3)cc2Cl)cc1C(C)C. The van der Waals surface area contributed by atoms with Gasteiger partial charge in [-0.25, -0.2) is 0 Å². The third kappa shape index (κ3) is 6.75. The Morgan fingerprint density at radius 3 is 2.47 bits per heavy atom. The van der Waals surface area contributed by atoms with Gasteiger partial charge in [-0.1, -0.05) is 37.0 Å². The van der Waals surface area contributed by atoms with Crippen LogP contribution in [-0.4, -0.2) is 50.8 Å². The molecule has 1 saturated heterocycles. The van der Waals surface area contributed by atoms with Crippen LogP contribution < -0.4 is 14.8 Å². The molecule has 1 N–H and O–H groups in total. The van der Waals surface area contributed by atoms with Crippen molar-refractivity contribution in [1.29, 1.82) is 0 Å². The molecule has 0 radical (unpaired) electrons. The maximum absolute atomic E-state index is 12.3. The monoisotopic (exact) mass is 480 g/mol. The Morgan fingerprint density at radius 1 is 1.16 bits per heavy atom. The van der Waals surface area contributed by atoms with Gasteiger partial charge >= 0.3 is 0 Å². The number of carbonyl (C=O) groups excluding carboxylic acids is 1. The minimum atomic E-state index is -0.0733. The van der Waals surface area contributed by atoms with E-state index >= 15 is 0 Å². The van der Waals surface area contributed by atoms with Crippen LogP contribution >= 0.6 is 23.2 Å². The van der Waals surface area contributed by atoms with Gasteiger partial charge in [-0.3, -0.25) is 9.69 Å². The van der Waals surface area contributed by atoms with Crippen molar-refractivity contribution in [3.05, 3.63) is 45.9 Å². The van der Waals surface area contributed by atoms with E-state index in [4.69, 9.17) is 37.4 Å². The molecule has 0 spiro atoms. The topological polar surface area (TPSA) is 60.0 Å². The molecule has 0 saturated carbocycles. The maximum atomic E-state index is 12.3. The first-order valence-corrected chi connectivity index (χ1v) is 11.6. The highest BCUT2D eigenvalue weighted by molar-refractivity contribution is 6.37. The molecule has 1 aliphatic rings. The number of nitrogens with one attached hydrogen (secondary N) is 1. The molecule has 6 nitrogen and oxygen atoms in total. The highest BCUT2D eigenvalue weighted by Crippen LogP contribution is 2.40. The average molecular weight is 481 g/mol. The lowest BCUT2D eigenvalue weighted by molar-refractivity contribution is -0.116. The van der Waals surface area contributed by atoms with Crippen molar-refractivity contribution in [3.63, 3.8) is 0 Å². The molecular formula is C24H30Cl2N2O4. The smallest absolute Gasteiger partial charge is 0.224 e. The summed E-state index contributed by atoms with van der Waals surface area (Å²) in [5.74, 6) is 1.95. The van der Waals surface area contributed by atoms with Gasteiger partial charge in [0.05, 0.1) is 30.4 Å². The summed E-state index contributed by atoms with van der Waals surface area (Å²) in [4.78, 5) is 14.6. The lowest BCUT2D eigenvalue weighted by Gasteiger charge is -2.26. The van der Waals surface area contributed by atoms with Crippen molar-refractivity contribution in [2.75, 3.05) is 45.3 Å². The Kier molecular flexibility index (Phi) is 9.05. The molecule has 3 rings (SSSR count). The molecule has 1 heterocycles. The van der Waals surface area contributed by atoms with Crippen LogP contribution in [0.3, 0.4) is 0 Å². The number of anilines is 1. The van der Waals surface area contributed by atoms with Crippen molar-refractivity contribution < 1.29 is 19.0 Å². The van der Waals surface area contributed by atoms with Crippen molar-refractivity contribution in [1.82, 2.24) is 4.90 Å². The fourth-order valence-corrected chi connectivity index (χ4v) is 4.15. The number of hydrogen-bond acceptors (Lipinski definition) is 5. The summed E-state index contributed by atoms with van der Waals surface area (Å²) in [7, 11) is 1.64. The van der Waals surface area contributed by atoms with E-state index in [1.54, 1.807) is 19.2 Å². The highest BCUT2D eigenvalue weighted by Gasteiger charge is 2.15. The molecular weight excluding hydrogens is 451 g/mol. The van der Waals surface area contributed by atoms with Gasteiger partial charge in [0.2, 0.25) is 5.91 Å². The standard InChI is InChI=1S/C24H30Cl2N2O4/c1-16(2)19-15-18(6-7-22(19)30-3)32-24-20(25)13-17(14-21(24)26)27-23(29)5-4-8-28-9-11-31-12-10-28/h6-7,13-16H,4-5,8-12H2,1-3H3,(H,27,29).